The number of ether oxygens (including phenoxy) is 2. The first-order chi connectivity index (χ1) is 14.5. The van der Waals surface area contributed by atoms with E-state index in [1.807, 2.05) is 5.38 Å². The fraction of sp³-hybridized carbons (Fsp3) is 0.429. The Morgan fingerprint density at radius 3 is 2.93 bits per heavy atom. The summed E-state index contributed by atoms with van der Waals surface area (Å²) >= 11 is 8.11. The third kappa shape index (κ3) is 4.78. The van der Waals surface area contributed by atoms with Gasteiger partial charge in [0.1, 0.15) is 17.4 Å². The van der Waals surface area contributed by atoms with Gasteiger partial charge in [-0.25, -0.2) is 4.98 Å². The predicted octanol–water partition coefficient (Wildman–Crippen LogP) is 3.84. The lowest BCUT2D eigenvalue weighted by molar-refractivity contribution is 0.0322. The van der Waals surface area contributed by atoms with E-state index in [0.717, 1.165) is 38.0 Å². The van der Waals surface area contributed by atoms with Crippen LogP contribution >= 0.6 is 22.9 Å². The number of rotatable bonds is 7. The topological polar surface area (TPSA) is 79.5 Å². The molecule has 3 heterocycles. The van der Waals surface area contributed by atoms with E-state index in [2.05, 4.69) is 34.0 Å². The van der Waals surface area contributed by atoms with E-state index in [0.29, 0.717) is 39.7 Å². The van der Waals surface area contributed by atoms with E-state index in [-0.39, 0.29) is 11.5 Å². The summed E-state index contributed by atoms with van der Waals surface area (Å²) in [4.78, 5) is 22.8. The summed E-state index contributed by atoms with van der Waals surface area (Å²) < 4.78 is 11.3. The number of morpholine rings is 1. The number of aromatic amines is 1. The summed E-state index contributed by atoms with van der Waals surface area (Å²) in [5.74, 6) is 0.561. The zero-order valence-electron chi connectivity index (χ0n) is 17.0. The van der Waals surface area contributed by atoms with Crippen molar-refractivity contribution in [1.29, 1.82) is 0 Å². The van der Waals surface area contributed by atoms with E-state index >= 15 is 0 Å². The van der Waals surface area contributed by atoms with Crippen LogP contribution in [0.2, 0.25) is 5.02 Å². The molecule has 3 aromatic rings. The predicted molar refractivity (Wildman–Crippen MR) is 122 cm³/mol. The number of fused-ring (bicyclic) bond motifs is 1. The second-order valence-corrected chi connectivity index (χ2v) is 8.72. The minimum absolute atomic E-state index is 0.105. The number of thiazole rings is 1. The van der Waals surface area contributed by atoms with Crippen molar-refractivity contribution in [2.45, 2.75) is 19.9 Å². The zero-order valence-corrected chi connectivity index (χ0v) is 18.6. The first-order valence-corrected chi connectivity index (χ1v) is 11.3. The summed E-state index contributed by atoms with van der Waals surface area (Å²) in [5, 5.41) is 6.94. The maximum absolute atomic E-state index is 12.7. The SMILES string of the molecule is CC(C)Nc1nc(-c2cc(=O)c3ccc(OCCN4CCOCC4)c(Cl)c3[nH]2)cs1. The highest BCUT2D eigenvalue weighted by Gasteiger charge is 2.15. The maximum Gasteiger partial charge on any atom is 0.190 e. The molecule has 0 radical (unpaired) electrons. The van der Waals surface area contributed by atoms with Crippen LogP contribution in [0.1, 0.15) is 13.8 Å². The molecule has 2 N–H and O–H groups in total. The third-order valence-corrected chi connectivity index (χ3v) is 6.02. The largest absolute Gasteiger partial charge is 0.491 e. The number of hydrogen-bond donors (Lipinski definition) is 2. The Balaban J connectivity index is 1.56. The molecule has 4 rings (SSSR count). The maximum atomic E-state index is 12.7. The third-order valence-electron chi connectivity index (χ3n) is 4.87. The van der Waals surface area contributed by atoms with Crippen molar-refractivity contribution >= 4 is 39.0 Å². The van der Waals surface area contributed by atoms with Crippen LogP contribution in [0.3, 0.4) is 0 Å². The zero-order chi connectivity index (χ0) is 21.1. The Hall–Kier alpha value is -2.13. The van der Waals surface area contributed by atoms with Crippen LogP contribution in [-0.2, 0) is 4.74 Å². The smallest absolute Gasteiger partial charge is 0.190 e. The molecular formula is C21H25ClN4O3S. The fourth-order valence-electron chi connectivity index (χ4n) is 3.33. The molecule has 0 spiro atoms. The van der Waals surface area contributed by atoms with Crippen LogP contribution in [-0.4, -0.2) is 60.4 Å². The van der Waals surface area contributed by atoms with Gasteiger partial charge >= 0.3 is 0 Å². The molecule has 0 atom stereocenters. The van der Waals surface area contributed by atoms with Crippen molar-refractivity contribution in [3.63, 3.8) is 0 Å². The molecule has 0 aliphatic carbocycles. The Morgan fingerprint density at radius 1 is 1.37 bits per heavy atom. The van der Waals surface area contributed by atoms with Crippen LogP contribution < -0.4 is 15.5 Å². The molecule has 0 amide bonds. The normalized spacial score (nSPS) is 15.1. The second-order valence-electron chi connectivity index (χ2n) is 7.49. The first-order valence-electron chi connectivity index (χ1n) is 10.0. The number of hydrogen-bond acceptors (Lipinski definition) is 7. The number of halogens is 1. The Bertz CT molecular complexity index is 1080. The van der Waals surface area contributed by atoms with Gasteiger partial charge in [0.25, 0.3) is 0 Å². The highest BCUT2D eigenvalue weighted by molar-refractivity contribution is 7.14. The van der Waals surface area contributed by atoms with Gasteiger partial charge < -0.3 is 19.8 Å². The average Bonchev–Trinajstić information content (AvgIpc) is 3.18. The van der Waals surface area contributed by atoms with E-state index < -0.39 is 0 Å². The minimum Gasteiger partial charge on any atom is -0.491 e. The van der Waals surface area contributed by atoms with Crippen LogP contribution in [0.5, 0.6) is 5.75 Å². The van der Waals surface area contributed by atoms with E-state index in [1.54, 1.807) is 18.2 Å². The van der Waals surface area contributed by atoms with E-state index in [1.165, 1.54) is 11.3 Å². The van der Waals surface area contributed by atoms with Gasteiger partial charge in [-0.3, -0.25) is 9.69 Å². The second kappa shape index (κ2) is 9.34. The quantitative estimate of drug-likeness (QED) is 0.571. The summed E-state index contributed by atoms with van der Waals surface area (Å²) in [7, 11) is 0. The van der Waals surface area contributed by atoms with Gasteiger partial charge in [0.2, 0.25) is 0 Å². The highest BCUT2D eigenvalue weighted by Crippen LogP contribution is 2.32. The molecule has 1 fully saturated rings. The van der Waals surface area contributed by atoms with Crippen LogP contribution in [0, 0.1) is 0 Å². The van der Waals surface area contributed by atoms with Crippen molar-refractivity contribution in [2.24, 2.45) is 0 Å². The van der Waals surface area contributed by atoms with Gasteiger partial charge in [-0.15, -0.1) is 11.3 Å². The van der Waals surface area contributed by atoms with Gasteiger partial charge in [0, 0.05) is 42.5 Å². The molecule has 160 valence electrons. The number of benzene rings is 1. The number of nitrogens with one attached hydrogen (secondary N) is 2. The molecule has 1 aromatic carbocycles. The lowest BCUT2D eigenvalue weighted by atomic mass is 10.1. The van der Waals surface area contributed by atoms with Crippen molar-refractivity contribution in [2.75, 3.05) is 44.8 Å². The van der Waals surface area contributed by atoms with Gasteiger partial charge in [-0.2, -0.15) is 0 Å². The number of pyridine rings is 1. The van der Waals surface area contributed by atoms with Crippen molar-refractivity contribution in [1.82, 2.24) is 14.9 Å². The van der Waals surface area contributed by atoms with Crippen molar-refractivity contribution < 1.29 is 9.47 Å². The minimum atomic E-state index is -0.105. The number of H-pyrrole nitrogens is 1. The van der Waals surface area contributed by atoms with Crippen LogP contribution in [0.4, 0.5) is 5.13 Å². The fourth-order valence-corrected chi connectivity index (χ4v) is 4.46. The lowest BCUT2D eigenvalue weighted by Crippen LogP contribution is -2.38. The van der Waals surface area contributed by atoms with E-state index in [4.69, 9.17) is 21.1 Å². The molecule has 0 saturated carbocycles. The highest BCUT2D eigenvalue weighted by atomic mass is 35.5. The van der Waals surface area contributed by atoms with E-state index in [9.17, 15) is 4.79 Å². The van der Waals surface area contributed by atoms with Gasteiger partial charge in [0.15, 0.2) is 10.6 Å². The van der Waals surface area contributed by atoms with Crippen LogP contribution in [0.15, 0.2) is 28.4 Å². The first kappa shape index (κ1) is 21.1. The number of anilines is 1. The van der Waals surface area contributed by atoms with Crippen molar-refractivity contribution in [3.05, 3.63) is 38.8 Å². The summed E-state index contributed by atoms with van der Waals surface area (Å²) in [6.45, 7) is 8.76. The standard InChI is InChI=1S/C21H25ClN4O3S/c1-13(2)23-21-25-16(12-30-21)15-11-17(27)14-3-4-18(19(22)20(14)24-15)29-10-7-26-5-8-28-9-6-26/h3-4,11-13H,5-10H2,1-2H3,(H,23,25)(H,24,27). The summed E-state index contributed by atoms with van der Waals surface area (Å²) in [6.07, 6.45) is 0. The molecule has 1 saturated heterocycles. The molecule has 1 aliphatic rings. The molecule has 0 bridgehead atoms. The summed E-state index contributed by atoms with van der Waals surface area (Å²) in [5.41, 5.74) is 1.80. The average molecular weight is 449 g/mol. The Morgan fingerprint density at radius 2 is 2.17 bits per heavy atom. The molecule has 1 aliphatic heterocycles. The Labute approximate surface area is 184 Å². The van der Waals surface area contributed by atoms with Gasteiger partial charge in [-0.05, 0) is 26.0 Å². The number of aromatic nitrogens is 2. The molecular weight excluding hydrogens is 424 g/mol. The van der Waals surface area contributed by atoms with Crippen molar-refractivity contribution in [3.8, 4) is 17.1 Å². The monoisotopic (exact) mass is 448 g/mol. The molecule has 30 heavy (non-hydrogen) atoms. The Kier molecular flexibility index (Phi) is 6.58. The molecule has 0 unspecified atom stereocenters. The van der Waals surface area contributed by atoms with Gasteiger partial charge in [-0.1, -0.05) is 11.6 Å². The molecule has 7 nitrogen and oxygen atoms in total. The van der Waals surface area contributed by atoms with Crippen LogP contribution in [0.25, 0.3) is 22.3 Å². The molecule has 2 aromatic heterocycles. The summed E-state index contributed by atoms with van der Waals surface area (Å²) in [6, 6.07) is 5.35. The molecule has 9 heteroatoms. The number of nitrogens with zero attached hydrogens (tertiary/aromatic N) is 2. The lowest BCUT2D eigenvalue weighted by Gasteiger charge is -2.26. The van der Waals surface area contributed by atoms with Gasteiger partial charge in [0.05, 0.1) is 30.1 Å².